The summed E-state index contributed by atoms with van der Waals surface area (Å²) < 4.78 is 5.36. The first-order valence-corrected chi connectivity index (χ1v) is 11.9. The summed E-state index contributed by atoms with van der Waals surface area (Å²) >= 11 is 0. The number of anilines is 1. The van der Waals surface area contributed by atoms with Crippen LogP contribution in [0, 0.1) is 6.92 Å². The van der Waals surface area contributed by atoms with Gasteiger partial charge in [0.2, 0.25) is 0 Å². The van der Waals surface area contributed by atoms with Crippen molar-refractivity contribution < 1.29 is 4.74 Å². The Morgan fingerprint density at radius 1 is 0.794 bits per heavy atom. The molecule has 0 aromatic heterocycles. The minimum Gasteiger partial charge on any atom is -0.497 e. The van der Waals surface area contributed by atoms with Crippen LogP contribution in [0.15, 0.2) is 102 Å². The maximum absolute atomic E-state index is 5.36. The Labute approximate surface area is 202 Å². The summed E-state index contributed by atoms with van der Waals surface area (Å²) in [7, 11) is 1.70. The van der Waals surface area contributed by atoms with Crippen molar-refractivity contribution in [3.63, 3.8) is 0 Å². The van der Waals surface area contributed by atoms with Crippen LogP contribution >= 0.6 is 0 Å². The molecule has 1 unspecified atom stereocenters. The Morgan fingerprint density at radius 3 is 2.00 bits per heavy atom. The van der Waals surface area contributed by atoms with E-state index in [1.54, 1.807) is 7.11 Å². The molecule has 1 atom stereocenters. The molecule has 170 valence electrons. The van der Waals surface area contributed by atoms with Crippen LogP contribution in [0.3, 0.4) is 0 Å². The second kappa shape index (κ2) is 9.56. The predicted octanol–water partition coefficient (Wildman–Crippen LogP) is 7.91. The fourth-order valence-electron chi connectivity index (χ4n) is 4.47. The van der Waals surface area contributed by atoms with Gasteiger partial charge in [-0.2, -0.15) is 0 Å². The van der Waals surface area contributed by atoms with Gasteiger partial charge >= 0.3 is 0 Å². The summed E-state index contributed by atoms with van der Waals surface area (Å²) in [4.78, 5) is 7.37. The molecule has 5 rings (SSSR count). The van der Waals surface area contributed by atoms with E-state index in [0.717, 1.165) is 35.8 Å². The molecule has 0 amide bonds. The quantitative estimate of drug-likeness (QED) is 0.300. The van der Waals surface area contributed by atoms with Gasteiger partial charge in [0, 0.05) is 12.1 Å². The third-order valence-electron chi connectivity index (χ3n) is 6.60. The van der Waals surface area contributed by atoms with E-state index >= 15 is 0 Å². The maximum atomic E-state index is 5.36. The molecule has 1 saturated heterocycles. The van der Waals surface area contributed by atoms with Gasteiger partial charge in [-0.3, -0.25) is 0 Å². The minimum absolute atomic E-state index is 0.282. The van der Waals surface area contributed by atoms with Gasteiger partial charge in [-0.1, -0.05) is 73.2 Å². The van der Waals surface area contributed by atoms with Crippen LogP contribution in [0.1, 0.15) is 36.1 Å². The van der Waals surface area contributed by atoms with E-state index in [4.69, 9.17) is 9.73 Å². The molecule has 0 N–H and O–H groups in total. The number of aryl methyl sites for hydroxylation is 2. The lowest BCUT2D eigenvalue weighted by Gasteiger charge is -2.44. The lowest BCUT2D eigenvalue weighted by atomic mass is 9.91. The Balaban J connectivity index is 1.42. The summed E-state index contributed by atoms with van der Waals surface area (Å²) in [6, 6.07) is 34.7. The first kappa shape index (κ1) is 22.0. The molecular weight excluding hydrogens is 416 g/mol. The van der Waals surface area contributed by atoms with Gasteiger partial charge in [0.05, 0.1) is 18.8 Å². The lowest BCUT2D eigenvalue weighted by molar-refractivity contribution is 0.415. The zero-order valence-corrected chi connectivity index (χ0v) is 20.0. The van der Waals surface area contributed by atoms with Crippen LogP contribution in [0.2, 0.25) is 0 Å². The van der Waals surface area contributed by atoms with Gasteiger partial charge in [-0.25, -0.2) is 4.99 Å². The number of rotatable bonds is 6. The Morgan fingerprint density at radius 2 is 1.41 bits per heavy atom. The zero-order valence-electron chi connectivity index (χ0n) is 20.0. The van der Waals surface area contributed by atoms with Crippen molar-refractivity contribution in [3.8, 4) is 16.9 Å². The predicted molar refractivity (Wildman–Crippen MR) is 142 cm³/mol. The summed E-state index contributed by atoms with van der Waals surface area (Å²) in [5, 5.41) is 0. The average Bonchev–Trinajstić information content (AvgIpc) is 2.88. The molecule has 0 spiro atoms. The summed E-state index contributed by atoms with van der Waals surface area (Å²) in [5.74, 6) is 1.94. The van der Waals surface area contributed by atoms with Gasteiger partial charge < -0.3 is 9.64 Å². The number of benzene rings is 4. The van der Waals surface area contributed by atoms with Gasteiger partial charge in [0.25, 0.3) is 0 Å². The van der Waals surface area contributed by atoms with Crippen LogP contribution in [-0.2, 0) is 6.42 Å². The van der Waals surface area contributed by atoms with E-state index in [1.807, 2.05) is 12.1 Å². The molecule has 1 aliphatic rings. The highest BCUT2D eigenvalue weighted by molar-refractivity contribution is 6.06. The number of aliphatic imine (C=N–C) groups is 1. The number of hydrogen-bond donors (Lipinski definition) is 0. The van der Waals surface area contributed by atoms with E-state index < -0.39 is 0 Å². The molecule has 0 saturated carbocycles. The van der Waals surface area contributed by atoms with E-state index in [-0.39, 0.29) is 6.04 Å². The fourth-order valence-corrected chi connectivity index (χ4v) is 4.47. The summed E-state index contributed by atoms with van der Waals surface area (Å²) in [5.41, 5.74) is 8.50. The summed E-state index contributed by atoms with van der Waals surface area (Å²) in [6.07, 6.45) is 1.97. The van der Waals surface area contributed by atoms with Crippen molar-refractivity contribution in [1.82, 2.24) is 0 Å². The van der Waals surface area contributed by atoms with Crippen LogP contribution in [0.25, 0.3) is 11.1 Å². The number of hydrogen-bond acceptors (Lipinski definition) is 2. The topological polar surface area (TPSA) is 24.8 Å². The van der Waals surface area contributed by atoms with Crippen molar-refractivity contribution in [3.05, 3.63) is 114 Å². The SMILES string of the molecule is CCc1ccc(-c2ccc(/N=C3\CC(c4ccc(C)cc4)N3c3ccc(OC)cc3)cc2)cc1. The van der Waals surface area contributed by atoms with E-state index in [1.165, 1.54) is 27.8 Å². The molecule has 0 bridgehead atoms. The third-order valence-corrected chi connectivity index (χ3v) is 6.60. The molecule has 4 aromatic rings. The highest BCUT2D eigenvalue weighted by Gasteiger charge is 2.36. The third kappa shape index (κ3) is 4.47. The maximum Gasteiger partial charge on any atom is 0.119 e. The van der Waals surface area contributed by atoms with Gasteiger partial charge in [0.1, 0.15) is 11.6 Å². The largest absolute Gasteiger partial charge is 0.497 e. The van der Waals surface area contributed by atoms with Crippen LogP contribution in [-0.4, -0.2) is 12.9 Å². The van der Waals surface area contributed by atoms with Crippen molar-refractivity contribution in [1.29, 1.82) is 0 Å². The number of methoxy groups -OCH3 is 1. The molecular formula is C31H30N2O. The second-order valence-electron chi connectivity index (χ2n) is 8.82. The van der Waals surface area contributed by atoms with Crippen LogP contribution < -0.4 is 9.64 Å². The number of ether oxygens (including phenoxy) is 1. The van der Waals surface area contributed by atoms with Gasteiger partial charge in [-0.05, 0) is 72.0 Å². The fraction of sp³-hybridized carbons (Fsp3) is 0.194. The monoisotopic (exact) mass is 446 g/mol. The first-order chi connectivity index (χ1) is 16.6. The molecule has 1 aliphatic heterocycles. The Bertz CT molecular complexity index is 1270. The molecule has 3 heteroatoms. The second-order valence-corrected chi connectivity index (χ2v) is 8.82. The molecule has 1 fully saturated rings. The average molecular weight is 447 g/mol. The van der Waals surface area contributed by atoms with E-state index in [0.29, 0.717) is 0 Å². The normalized spacial score (nSPS) is 16.4. The molecule has 4 aromatic carbocycles. The Kier molecular flexibility index (Phi) is 6.18. The smallest absolute Gasteiger partial charge is 0.119 e. The molecule has 1 heterocycles. The highest BCUT2D eigenvalue weighted by Crippen LogP contribution is 2.41. The van der Waals surface area contributed by atoms with Crippen molar-refractivity contribution >= 4 is 17.2 Å². The molecule has 0 radical (unpaired) electrons. The van der Waals surface area contributed by atoms with Crippen molar-refractivity contribution in [2.75, 3.05) is 12.0 Å². The molecule has 34 heavy (non-hydrogen) atoms. The van der Waals surface area contributed by atoms with Crippen LogP contribution in [0.5, 0.6) is 5.75 Å². The van der Waals surface area contributed by atoms with Gasteiger partial charge in [0.15, 0.2) is 0 Å². The highest BCUT2D eigenvalue weighted by atomic mass is 16.5. The molecule has 3 nitrogen and oxygen atoms in total. The number of amidine groups is 1. The molecule has 0 aliphatic carbocycles. The van der Waals surface area contributed by atoms with Crippen LogP contribution in [0.4, 0.5) is 11.4 Å². The van der Waals surface area contributed by atoms with E-state index in [9.17, 15) is 0 Å². The minimum atomic E-state index is 0.282. The number of nitrogens with zero attached hydrogens (tertiary/aromatic N) is 2. The standard InChI is InChI=1S/C31H30N2O/c1-4-23-7-11-24(12-8-23)25-13-15-27(16-14-25)32-31-21-30(26-9-5-22(2)6-10-26)33(31)28-17-19-29(34-3)20-18-28/h5-20,30H,4,21H2,1-3H3/b32-31+. The van der Waals surface area contributed by atoms with Crippen molar-refractivity contribution in [2.45, 2.75) is 32.7 Å². The van der Waals surface area contributed by atoms with E-state index in [2.05, 4.69) is 104 Å². The lowest BCUT2D eigenvalue weighted by Crippen LogP contribution is -2.46. The Hall–Kier alpha value is -3.85. The summed E-state index contributed by atoms with van der Waals surface area (Å²) in [6.45, 7) is 4.31. The van der Waals surface area contributed by atoms with Crippen molar-refractivity contribution in [2.24, 2.45) is 4.99 Å². The zero-order chi connectivity index (χ0) is 23.5. The first-order valence-electron chi connectivity index (χ1n) is 11.9. The van der Waals surface area contributed by atoms with Gasteiger partial charge in [-0.15, -0.1) is 0 Å².